The molecule has 102 valence electrons. The molecule has 0 bridgehead atoms. The molecule has 0 aromatic carbocycles. The Bertz CT molecular complexity index is 259. The standard InChI is InChI=1S/C13H27NO3/c1-9(2)12(3,4)8-13(5,6)17-7-10(14)11(15)16/h9-10H,7-8,14H2,1-6H3,(H,15,16). The number of hydrogen-bond acceptors (Lipinski definition) is 3. The van der Waals surface area contributed by atoms with Gasteiger partial charge in [-0.25, -0.2) is 0 Å². The van der Waals surface area contributed by atoms with Crippen molar-refractivity contribution >= 4 is 5.97 Å². The van der Waals surface area contributed by atoms with Gasteiger partial charge in [-0.2, -0.15) is 0 Å². The van der Waals surface area contributed by atoms with Gasteiger partial charge in [0.1, 0.15) is 6.04 Å². The first-order valence-electron chi connectivity index (χ1n) is 6.10. The zero-order valence-electron chi connectivity index (χ0n) is 11.9. The van der Waals surface area contributed by atoms with Gasteiger partial charge in [0, 0.05) is 0 Å². The summed E-state index contributed by atoms with van der Waals surface area (Å²) in [5, 5.41) is 8.69. The SMILES string of the molecule is CC(C)C(C)(C)CC(C)(C)OCC(N)C(=O)O. The maximum atomic E-state index is 10.6. The van der Waals surface area contributed by atoms with E-state index in [-0.39, 0.29) is 17.6 Å². The predicted octanol–water partition coefficient (Wildman–Crippen LogP) is 2.27. The van der Waals surface area contributed by atoms with Crippen molar-refractivity contribution < 1.29 is 14.6 Å². The first kappa shape index (κ1) is 16.4. The molecule has 4 nitrogen and oxygen atoms in total. The summed E-state index contributed by atoms with van der Waals surface area (Å²) in [5.74, 6) is -0.484. The minimum Gasteiger partial charge on any atom is -0.480 e. The topological polar surface area (TPSA) is 72.5 Å². The molecule has 0 fully saturated rings. The number of carbonyl (C=O) groups is 1. The van der Waals surface area contributed by atoms with Gasteiger partial charge < -0.3 is 15.6 Å². The van der Waals surface area contributed by atoms with E-state index >= 15 is 0 Å². The number of nitrogens with two attached hydrogens (primary N) is 1. The quantitative estimate of drug-likeness (QED) is 0.721. The van der Waals surface area contributed by atoms with E-state index in [0.717, 1.165) is 6.42 Å². The summed E-state index contributed by atoms with van der Waals surface area (Å²) < 4.78 is 5.63. The normalized spacial score (nSPS) is 15.1. The molecule has 0 radical (unpaired) electrons. The summed E-state index contributed by atoms with van der Waals surface area (Å²) >= 11 is 0. The molecule has 0 aliphatic rings. The average Bonchev–Trinajstić information content (AvgIpc) is 2.12. The molecule has 17 heavy (non-hydrogen) atoms. The Morgan fingerprint density at radius 2 is 1.76 bits per heavy atom. The van der Waals surface area contributed by atoms with Crippen molar-refractivity contribution in [2.45, 2.75) is 59.6 Å². The molecule has 0 rings (SSSR count). The Balaban J connectivity index is 4.34. The van der Waals surface area contributed by atoms with Crippen molar-refractivity contribution in [2.24, 2.45) is 17.1 Å². The number of hydrogen-bond donors (Lipinski definition) is 2. The largest absolute Gasteiger partial charge is 0.480 e. The highest BCUT2D eigenvalue weighted by atomic mass is 16.5. The molecule has 0 spiro atoms. The van der Waals surface area contributed by atoms with Gasteiger partial charge in [0.25, 0.3) is 0 Å². The maximum absolute atomic E-state index is 10.6. The van der Waals surface area contributed by atoms with E-state index in [4.69, 9.17) is 15.6 Å². The molecule has 3 N–H and O–H groups in total. The third kappa shape index (κ3) is 6.03. The highest BCUT2D eigenvalue weighted by molar-refractivity contribution is 5.73. The van der Waals surface area contributed by atoms with Crippen molar-refractivity contribution in [1.82, 2.24) is 0 Å². The van der Waals surface area contributed by atoms with Crippen LogP contribution in [-0.4, -0.2) is 29.3 Å². The zero-order valence-corrected chi connectivity index (χ0v) is 11.9. The molecular formula is C13H27NO3. The smallest absolute Gasteiger partial charge is 0.322 e. The molecule has 0 amide bonds. The van der Waals surface area contributed by atoms with E-state index in [2.05, 4.69) is 27.7 Å². The Hall–Kier alpha value is -0.610. The average molecular weight is 245 g/mol. The first-order chi connectivity index (χ1) is 7.48. The molecule has 0 saturated carbocycles. The van der Waals surface area contributed by atoms with E-state index in [1.807, 2.05) is 13.8 Å². The monoisotopic (exact) mass is 245 g/mol. The molecule has 0 aliphatic carbocycles. The van der Waals surface area contributed by atoms with Crippen molar-refractivity contribution in [3.05, 3.63) is 0 Å². The van der Waals surface area contributed by atoms with Gasteiger partial charge in [0.15, 0.2) is 0 Å². The Kier molecular flexibility index (Phi) is 5.62. The summed E-state index contributed by atoms with van der Waals surface area (Å²) in [7, 11) is 0. The lowest BCUT2D eigenvalue weighted by Gasteiger charge is -2.38. The second kappa shape index (κ2) is 5.83. The van der Waals surface area contributed by atoms with E-state index in [1.165, 1.54) is 0 Å². The van der Waals surface area contributed by atoms with Gasteiger partial charge in [0.2, 0.25) is 0 Å². The summed E-state index contributed by atoms with van der Waals surface area (Å²) in [6.45, 7) is 12.8. The maximum Gasteiger partial charge on any atom is 0.322 e. The summed E-state index contributed by atoms with van der Waals surface area (Å²) in [4.78, 5) is 10.6. The fourth-order valence-electron chi connectivity index (χ4n) is 1.74. The molecule has 4 heteroatoms. The van der Waals surface area contributed by atoms with Gasteiger partial charge in [-0.1, -0.05) is 27.7 Å². The summed E-state index contributed by atoms with van der Waals surface area (Å²) in [6.07, 6.45) is 0.865. The van der Waals surface area contributed by atoms with Crippen LogP contribution in [0, 0.1) is 11.3 Å². The Morgan fingerprint density at radius 1 is 1.29 bits per heavy atom. The first-order valence-corrected chi connectivity index (χ1v) is 6.10. The van der Waals surface area contributed by atoms with Crippen molar-refractivity contribution in [3.63, 3.8) is 0 Å². The molecule has 1 unspecified atom stereocenters. The van der Waals surface area contributed by atoms with Gasteiger partial charge in [-0.15, -0.1) is 0 Å². The molecular weight excluding hydrogens is 218 g/mol. The predicted molar refractivity (Wildman–Crippen MR) is 68.9 cm³/mol. The number of carboxylic acid groups (broad SMARTS) is 1. The fraction of sp³-hybridized carbons (Fsp3) is 0.923. The van der Waals surface area contributed by atoms with E-state index < -0.39 is 12.0 Å². The van der Waals surface area contributed by atoms with Crippen molar-refractivity contribution in [3.8, 4) is 0 Å². The zero-order chi connectivity index (χ0) is 13.9. The third-order valence-electron chi connectivity index (χ3n) is 3.42. The number of carboxylic acids is 1. The molecule has 0 aromatic rings. The minimum atomic E-state index is -1.02. The number of ether oxygens (including phenoxy) is 1. The molecule has 0 aromatic heterocycles. The third-order valence-corrected chi connectivity index (χ3v) is 3.42. The van der Waals surface area contributed by atoms with E-state index in [0.29, 0.717) is 5.92 Å². The van der Waals surface area contributed by atoms with Crippen LogP contribution < -0.4 is 5.73 Å². The molecule has 0 heterocycles. The van der Waals surface area contributed by atoms with Crippen LogP contribution in [0.2, 0.25) is 0 Å². The second-order valence-electron chi connectivity index (χ2n) is 6.34. The van der Waals surface area contributed by atoms with Crippen LogP contribution in [0.5, 0.6) is 0 Å². The molecule has 0 saturated heterocycles. The van der Waals surface area contributed by atoms with Crippen molar-refractivity contribution in [1.29, 1.82) is 0 Å². The lowest BCUT2D eigenvalue weighted by molar-refractivity contribution is -0.142. The molecule has 1 atom stereocenters. The van der Waals surface area contributed by atoms with E-state index in [1.54, 1.807) is 0 Å². The summed E-state index contributed by atoms with van der Waals surface area (Å²) in [5.41, 5.74) is 5.21. The fourth-order valence-corrected chi connectivity index (χ4v) is 1.74. The highest BCUT2D eigenvalue weighted by Crippen LogP contribution is 2.36. The van der Waals surface area contributed by atoms with Crippen LogP contribution in [-0.2, 0) is 9.53 Å². The van der Waals surface area contributed by atoms with Crippen molar-refractivity contribution in [2.75, 3.05) is 6.61 Å². The van der Waals surface area contributed by atoms with Crippen LogP contribution in [0.15, 0.2) is 0 Å². The lowest BCUT2D eigenvalue weighted by Crippen LogP contribution is -2.41. The van der Waals surface area contributed by atoms with Gasteiger partial charge >= 0.3 is 5.97 Å². The lowest BCUT2D eigenvalue weighted by atomic mass is 9.73. The van der Waals surface area contributed by atoms with E-state index in [9.17, 15) is 4.79 Å². The second-order valence-corrected chi connectivity index (χ2v) is 6.34. The number of aliphatic carboxylic acids is 1. The van der Waals surface area contributed by atoms with Gasteiger partial charge in [-0.05, 0) is 31.6 Å². The molecule has 0 aliphatic heterocycles. The summed E-state index contributed by atoms with van der Waals surface area (Å²) in [6, 6.07) is -0.948. The van der Waals surface area contributed by atoms with Crippen LogP contribution in [0.25, 0.3) is 0 Å². The van der Waals surface area contributed by atoms with Gasteiger partial charge in [0.05, 0.1) is 12.2 Å². The van der Waals surface area contributed by atoms with Gasteiger partial charge in [-0.3, -0.25) is 4.79 Å². The van der Waals surface area contributed by atoms with Crippen LogP contribution >= 0.6 is 0 Å². The Morgan fingerprint density at radius 3 is 2.12 bits per heavy atom. The van der Waals surface area contributed by atoms with Crippen LogP contribution in [0.3, 0.4) is 0 Å². The number of rotatable bonds is 7. The van der Waals surface area contributed by atoms with Crippen LogP contribution in [0.4, 0.5) is 0 Å². The minimum absolute atomic E-state index is 0.0521. The van der Waals surface area contributed by atoms with Crippen LogP contribution in [0.1, 0.15) is 48.0 Å². The Labute approximate surface area is 105 Å². The highest BCUT2D eigenvalue weighted by Gasteiger charge is 2.32.